The maximum Gasteiger partial charge on any atom is 0.270 e. The second kappa shape index (κ2) is 9.69. The normalized spacial score (nSPS) is 20.3. The summed E-state index contributed by atoms with van der Waals surface area (Å²) < 4.78 is 28.7. The highest BCUT2D eigenvalue weighted by atomic mass is 35.5. The summed E-state index contributed by atoms with van der Waals surface area (Å²) in [6.45, 7) is 1.43. The number of rotatable bonds is 6. The van der Waals surface area contributed by atoms with Gasteiger partial charge in [0.1, 0.15) is 10.7 Å². The fourth-order valence-corrected chi connectivity index (χ4v) is 8.29. The van der Waals surface area contributed by atoms with Crippen molar-refractivity contribution in [2.45, 2.75) is 53.2 Å². The highest BCUT2D eigenvalue weighted by molar-refractivity contribution is 7.99. The molecule has 3 aromatic rings. The molecule has 1 aromatic carbocycles. The molecule has 206 valence electrons. The van der Waals surface area contributed by atoms with E-state index in [1.165, 1.54) is 21.9 Å². The third-order valence-electron chi connectivity index (χ3n) is 8.15. The Kier molecular flexibility index (Phi) is 6.56. The zero-order valence-corrected chi connectivity index (χ0v) is 23.8. The summed E-state index contributed by atoms with van der Waals surface area (Å²) in [6, 6.07) is 10.0. The molecule has 0 amide bonds. The monoisotopic (exact) mass is 587 g/mol. The average Bonchev–Trinajstić information content (AvgIpc) is 3.74. The topological polar surface area (TPSA) is 149 Å². The highest BCUT2D eigenvalue weighted by Gasteiger charge is 2.46. The Bertz CT molecular complexity index is 1620. The lowest BCUT2D eigenvalue weighted by Gasteiger charge is -2.42. The predicted molar refractivity (Wildman–Crippen MR) is 154 cm³/mol. The van der Waals surface area contributed by atoms with Crippen LogP contribution < -0.4 is 26.6 Å². The number of piperidine rings is 1. The van der Waals surface area contributed by atoms with Crippen LogP contribution in [0.5, 0.6) is 0 Å². The number of halogens is 1. The van der Waals surface area contributed by atoms with Crippen molar-refractivity contribution in [3.05, 3.63) is 63.0 Å². The average molecular weight is 588 g/mol. The molecule has 1 spiro atoms. The van der Waals surface area contributed by atoms with Crippen molar-refractivity contribution in [1.82, 2.24) is 14.5 Å². The number of hydrogen-bond acceptors (Lipinski definition) is 9. The van der Waals surface area contributed by atoms with Gasteiger partial charge in [-0.3, -0.25) is 14.1 Å². The Morgan fingerprint density at radius 1 is 1.18 bits per heavy atom. The molecule has 10 nitrogen and oxygen atoms in total. The zero-order valence-electron chi connectivity index (χ0n) is 21.4. The fourth-order valence-electron chi connectivity index (χ4n) is 5.70. The number of hydrogen-bond donors (Lipinski definition) is 3. The van der Waals surface area contributed by atoms with E-state index in [0.717, 1.165) is 31.0 Å². The van der Waals surface area contributed by atoms with Crippen molar-refractivity contribution in [3.8, 4) is 0 Å². The van der Waals surface area contributed by atoms with Crippen LogP contribution in [0.2, 0.25) is 5.02 Å². The van der Waals surface area contributed by atoms with Crippen LogP contribution in [0, 0.1) is 5.41 Å². The number of aromatic nitrogens is 3. The molecule has 2 aromatic heterocycles. The van der Waals surface area contributed by atoms with Crippen LogP contribution in [-0.2, 0) is 23.5 Å². The first-order valence-corrected chi connectivity index (χ1v) is 15.6. The summed E-state index contributed by atoms with van der Waals surface area (Å²) >= 11 is 7.54. The Morgan fingerprint density at radius 2 is 1.90 bits per heavy atom. The van der Waals surface area contributed by atoms with Gasteiger partial charge < -0.3 is 16.4 Å². The maximum atomic E-state index is 13.4. The molecule has 13 heteroatoms. The van der Waals surface area contributed by atoms with Crippen molar-refractivity contribution in [3.63, 3.8) is 0 Å². The van der Waals surface area contributed by atoms with Gasteiger partial charge in [0, 0.05) is 37.3 Å². The smallest absolute Gasteiger partial charge is 0.270 e. The van der Waals surface area contributed by atoms with Gasteiger partial charge in [-0.15, -0.1) is 0 Å². The van der Waals surface area contributed by atoms with Crippen LogP contribution in [0.1, 0.15) is 42.9 Å². The number of nitrogen functional groups attached to an aromatic ring is 1. The molecule has 5 N–H and O–H groups in total. The van der Waals surface area contributed by atoms with Gasteiger partial charge in [0.25, 0.3) is 5.56 Å². The molecule has 1 aliphatic heterocycles. The van der Waals surface area contributed by atoms with Gasteiger partial charge in [-0.2, -0.15) is 4.98 Å². The lowest BCUT2D eigenvalue weighted by Crippen LogP contribution is -2.46. The van der Waals surface area contributed by atoms with E-state index >= 15 is 0 Å². The molecule has 6 rings (SSSR count). The van der Waals surface area contributed by atoms with Crippen LogP contribution in [-0.4, -0.2) is 41.3 Å². The van der Waals surface area contributed by atoms with Crippen LogP contribution in [0.15, 0.2) is 51.1 Å². The van der Waals surface area contributed by atoms with Crippen LogP contribution in [0.25, 0.3) is 0 Å². The van der Waals surface area contributed by atoms with E-state index in [0.29, 0.717) is 36.8 Å². The Balaban J connectivity index is 1.21. The number of fused-ring (bicyclic) bond motifs is 1. The standard InChI is InChI=1S/C26H30ClN7O3S2/c1-33-24(35)20(38-18-8-11-30-23(19(18)27)32-39(36,37)16-6-7-16)22(29)31-25(33)34-12-9-26(10-13-34)14-15-4-2-3-5-17(15)21(26)28/h2-5,8,11,16,21H,6-7,9-10,12-14,28-29H2,1H3,(H,30,32)/t21-/m1/s1. The van der Waals surface area contributed by atoms with Crippen LogP contribution >= 0.6 is 23.4 Å². The number of pyridine rings is 1. The largest absolute Gasteiger partial charge is 0.382 e. The summed E-state index contributed by atoms with van der Waals surface area (Å²) in [5, 5.41) is -0.316. The van der Waals surface area contributed by atoms with Gasteiger partial charge in [-0.05, 0) is 54.7 Å². The van der Waals surface area contributed by atoms with Crippen molar-refractivity contribution >= 4 is 51.0 Å². The van der Waals surface area contributed by atoms with Crippen molar-refractivity contribution in [1.29, 1.82) is 0 Å². The maximum absolute atomic E-state index is 13.4. The molecule has 39 heavy (non-hydrogen) atoms. The minimum absolute atomic E-state index is 0.000211. The molecule has 2 fully saturated rings. The number of nitrogens with two attached hydrogens (primary N) is 2. The zero-order chi connectivity index (χ0) is 27.5. The van der Waals surface area contributed by atoms with E-state index in [2.05, 4.69) is 37.8 Å². The SMILES string of the molecule is Cn1c(N2CCC3(CC2)Cc2ccccc2[C@H]3N)nc(N)c(Sc2ccnc(NS(=O)(=O)C3CC3)c2Cl)c1=O. The molecular formula is C26H30ClN7O3S2. The first-order valence-electron chi connectivity index (χ1n) is 12.9. The number of nitrogens with zero attached hydrogens (tertiary/aromatic N) is 4. The second-order valence-electron chi connectivity index (χ2n) is 10.6. The Labute approximate surface area is 236 Å². The number of benzene rings is 1. The first-order chi connectivity index (χ1) is 18.6. The highest BCUT2D eigenvalue weighted by Crippen LogP contribution is 2.51. The molecule has 1 saturated heterocycles. The molecule has 3 heterocycles. The Hall–Kier alpha value is -2.80. The molecule has 0 bridgehead atoms. The quantitative estimate of drug-likeness (QED) is 0.395. The molecular weight excluding hydrogens is 558 g/mol. The number of nitrogens with one attached hydrogen (secondary N) is 1. The van der Waals surface area contributed by atoms with Gasteiger partial charge in [0.05, 0.1) is 10.3 Å². The van der Waals surface area contributed by atoms with Gasteiger partial charge in [-0.25, -0.2) is 13.4 Å². The second-order valence-corrected chi connectivity index (χ2v) is 14.0. The van der Waals surface area contributed by atoms with Gasteiger partial charge in [0.15, 0.2) is 5.82 Å². The first kappa shape index (κ1) is 26.4. The minimum Gasteiger partial charge on any atom is -0.382 e. The Morgan fingerprint density at radius 3 is 2.59 bits per heavy atom. The number of anilines is 3. The van der Waals surface area contributed by atoms with E-state index in [1.54, 1.807) is 13.1 Å². The lowest BCUT2D eigenvalue weighted by molar-refractivity contribution is 0.186. The third-order valence-corrected chi connectivity index (χ3v) is 11.6. The molecule has 1 atom stereocenters. The molecule has 2 aliphatic carbocycles. The number of sulfonamides is 1. The lowest BCUT2D eigenvalue weighted by atomic mass is 9.73. The van der Waals surface area contributed by atoms with E-state index in [4.69, 9.17) is 23.1 Å². The third kappa shape index (κ3) is 4.66. The van der Waals surface area contributed by atoms with Crippen molar-refractivity contribution < 1.29 is 8.42 Å². The fraction of sp³-hybridized carbons (Fsp3) is 0.423. The van der Waals surface area contributed by atoms with Crippen LogP contribution in [0.4, 0.5) is 17.6 Å². The van der Waals surface area contributed by atoms with Crippen LogP contribution in [0.3, 0.4) is 0 Å². The van der Waals surface area contributed by atoms with E-state index < -0.39 is 15.3 Å². The van der Waals surface area contributed by atoms with E-state index in [1.807, 2.05) is 6.07 Å². The van der Waals surface area contributed by atoms with Gasteiger partial charge in [0.2, 0.25) is 16.0 Å². The minimum atomic E-state index is -3.54. The molecule has 0 radical (unpaired) electrons. The van der Waals surface area contributed by atoms with E-state index in [-0.39, 0.29) is 38.6 Å². The van der Waals surface area contributed by atoms with Crippen molar-refractivity contribution in [2.24, 2.45) is 18.2 Å². The van der Waals surface area contributed by atoms with Gasteiger partial charge in [-0.1, -0.05) is 47.6 Å². The van der Waals surface area contributed by atoms with Gasteiger partial charge >= 0.3 is 0 Å². The summed E-state index contributed by atoms with van der Waals surface area (Å²) in [4.78, 5) is 24.9. The summed E-state index contributed by atoms with van der Waals surface area (Å²) in [5.41, 5.74) is 15.3. The van der Waals surface area contributed by atoms with E-state index in [9.17, 15) is 13.2 Å². The van der Waals surface area contributed by atoms with Crippen molar-refractivity contribution in [2.75, 3.05) is 28.4 Å². The summed E-state index contributed by atoms with van der Waals surface area (Å²) in [6.07, 6.45) is 5.42. The predicted octanol–water partition coefficient (Wildman–Crippen LogP) is 3.31. The summed E-state index contributed by atoms with van der Waals surface area (Å²) in [7, 11) is -1.86. The molecule has 1 saturated carbocycles. The summed E-state index contributed by atoms with van der Waals surface area (Å²) in [5.74, 6) is 0.638. The molecule has 0 unspecified atom stereocenters. The molecule has 3 aliphatic rings.